The van der Waals surface area contributed by atoms with Crippen molar-refractivity contribution in [2.75, 3.05) is 58.3 Å². The van der Waals surface area contributed by atoms with Gasteiger partial charge in [-0.25, -0.2) is 9.97 Å². The standard InChI is InChI=1S/C21H28N6O/c1-15-20(16(2)28-24-15)17-5-6-19-18(13-17)14-22-21(23-19)27-11-9-26(10-12-27)8-7-25(3)4/h5-6,13-14H,7-12H2,1-4H3. The Hall–Kier alpha value is -2.51. The van der Waals surface area contributed by atoms with Crippen molar-refractivity contribution in [1.29, 1.82) is 0 Å². The van der Waals surface area contributed by atoms with Crippen molar-refractivity contribution in [1.82, 2.24) is 24.9 Å². The van der Waals surface area contributed by atoms with Gasteiger partial charge in [-0.3, -0.25) is 4.90 Å². The van der Waals surface area contributed by atoms with E-state index in [0.717, 1.165) is 78.7 Å². The molecule has 28 heavy (non-hydrogen) atoms. The number of hydrogen-bond acceptors (Lipinski definition) is 7. The van der Waals surface area contributed by atoms with Crippen LogP contribution in [0.5, 0.6) is 0 Å². The van der Waals surface area contributed by atoms with E-state index in [1.165, 1.54) is 0 Å². The molecular formula is C21H28N6O. The summed E-state index contributed by atoms with van der Waals surface area (Å²) in [5.41, 5.74) is 4.02. The molecule has 4 rings (SSSR count). The highest BCUT2D eigenvalue weighted by Crippen LogP contribution is 2.29. The quantitative estimate of drug-likeness (QED) is 0.674. The molecule has 0 unspecified atom stereocenters. The molecule has 1 aliphatic rings. The number of piperazine rings is 1. The minimum atomic E-state index is 0.824. The number of likely N-dealkylation sites (N-methyl/N-ethyl adjacent to an activating group) is 1. The minimum absolute atomic E-state index is 0.824. The Balaban J connectivity index is 1.49. The summed E-state index contributed by atoms with van der Waals surface area (Å²) < 4.78 is 5.30. The minimum Gasteiger partial charge on any atom is -0.361 e. The van der Waals surface area contributed by atoms with Gasteiger partial charge in [0.25, 0.3) is 0 Å². The Morgan fingerprint density at radius 3 is 2.57 bits per heavy atom. The third kappa shape index (κ3) is 3.86. The highest BCUT2D eigenvalue weighted by molar-refractivity contribution is 5.85. The smallest absolute Gasteiger partial charge is 0.225 e. The number of fused-ring (bicyclic) bond motifs is 1. The first-order valence-corrected chi connectivity index (χ1v) is 9.83. The molecule has 1 aromatic carbocycles. The second kappa shape index (κ2) is 7.85. The monoisotopic (exact) mass is 380 g/mol. The third-order valence-corrected chi connectivity index (χ3v) is 5.41. The van der Waals surface area contributed by atoms with Crippen LogP contribution in [0.2, 0.25) is 0 Å². The first-order chi connectivity index (χ1) is 13.5. The Bertz CT molecular complexity index is 939. The predicted molar refractivity (Wildman–Crippen MR) is 112 cm³/mol. The van der Waals surface area contributed by atoms with E-state index in [1.807, 2.05) is 20.0 Å². The highest BCUT2D eigenvalue weighted by Gasteiger charge is 2.19. The van der Waals surface area contributed by atoms with Crippen LogP contribution in [0.25, 0.3) is 22.0 Å². The van der Waals surface area contributed by atoms with Gasteiger partial charge in [-0.1, -0.05) is 11.2 Å². The highest BCUT2D eigenvalue weighted by atomic mass is 16.5. The lowest BCUT2D eigenvalue weighted by atomic mass is 10.0. The van der Waals surface area contributed by atoms with Crippen LogP contribution in [0.15, 0.2) is 28.9 Å². The maximum absolute atomic E-state index is 5.30. The molecular weight excluding hydrogens is 352 g/mol. The van der Waals surface area contributed by atoms with Crippen molar-refractivity contribution in [3.63, 3.8) is 0 Å². The molecule has 3 aromatic rings. The van der Waals surface area contributed by atoms with E-state index in [-0.39, 0.29) is 0 Å². The molecule has 1 aliphatic heterocycles. The molecule has 7 nitrogen and oxygen atoms in total. The topological polar surface area (TPSA) is 61.5 Å². The summed E-state index contributed by atoms with van der Waals surface area (Å²) in [6.45, 7) is 10.2. The van der Waals surface area contributed by atoms with Crippen molar-refractivity contribution in [2.45, 2.75) is 13.8 Å². The fourth-order valence-corrected chi connectivity index (χ4v) is 3.74. The number of rotatable bonds is 5. The second-order valence-electron chi connectivity index (χ2n) is 7.77. The molecule has 0 amide bonds. The first-order valence-electron chi connectivity index (χ1n) is 9.83. The van der Waals surface area contributed by atoms with Crippen molar-refractivity contribution < 1.29 is 4.52 Å². The number of aryl methyl sites for hydroxylation is 2. The van der Waals surface area contributed by atoms with E-state index >= 15 is 0 Å². The van der Waals surface area contributed by atoms with Crippen LogP contribution in [-0.2, 0) is 0 Å². The zero-order chi connectivity index (χ0) is 19.7. The van der Waals surface area contributed by atoms with Crippen LogP contribution < -0.4 is 4.90 Å². The van der Waals surface area contributed by atoms with Crippen LogP contribution in [0.3, 0.4) is 0 Å². The Kier molecular flexibility index (Phi) is 5.28. The van der Waals surface area contributed by atoms with Crippen LogP contribution >= 0.6 is 0 Å². The molecule has 0 aliphatic carbocycles. The van der Waals surface area contributed by atoms with E-state index in [9.17, 15) is 0 Å². The van der Waals surface area contributed by atoms with E-state index in [0.29, 0.717) is 0 Å². The summed E-state index contributed by atoms with van der Waals surface area (Å²) in [7, 11) is 4.24. The normalized spacial score (nSPS) is 15.7. The number of nitrogens with zero attached hydrogens (tertiary/aromatic N) is 6. The van der Waals surface area contributed by atoms with Crippen LogP contribution in [-0.4, -0.2) is 78.3 Å². The summed E-state index contributed by atoms with van der Waals surface area (Å²) in [5, 5.41) is 5.09. The fraction of sp³-hybridized carbons (Fsp3) is 0.476. The Morgan fingerprint density at radius 2 is 1.89 bits per heavy atom. The molecule has 0 atom stereocenters. The first kappa shape index (κ1) is 18.8. The molecule has 0 N–H and O–H groups in total. The summed E-state index contributed by atoms with van der Waals surface area (Å²) in [5.74, 6) is 1.66. The zero-order valence-corrected chi connectivity index (χ0v) is 17.1. The van der Waals surface area contributed by atoms with Gasteiger partial charge in [0.05, 0.1) is 11.2 Å². The summed E-state index contributed by atoms with van der Waals surface area (Å²) in [4.78, 5) is 16.5. The summed E-state index contributed by atoms with van der Waals surface area (Å²) >= 11 is 0. The van der Waals surface area contributed by atoms with Gasteiger partial charge in [-0.2, -0.15) is 0 Å². The van der Waals surface area contributed by atoms with E-state index in [1.54, 1.807) is 0 Å². The maximum atomic E-state index is 5.30. The lowest BCUT2D eigenvalue weighted by molar-refractivity contribution is 0.229. The lowest BCUT2D eigenvalue weighted by Crippen LogP contribution is -2.48. The number of hydrogen-bond donors (Lipinski definition) is 0. The van der Waals surface area contributed by atoms with Crippen molar-refractivity contribution in [3.8, 4) is 11.1 Å². The van der Waals surface area contributed by atoms with Gasteiger partial charge in [0.2, 0.25) is 5.95 Å². The van der Waals surface area contributed by atoms with E-state index < -0.39 is 0 Å². The molecule has 1 saturated heterocycles. The zero-order valence-electron chi connectivity index (χ0n) is 17.1. The molecule has 1 fully saturated rings. The number of benzene rings is 1. The number of aromatic nitrogens is 3. The average Bonchev–Trinajstić information content (AvgIpc) is 3.04. The van der Waals surface area contributed by atoms with Crippen LogP contribution in [0.1, 0.15) is 11.5 Å². The van der Waals surface area contributed by atoms with Crippen molar-refractivity contribution in [3.05, 3.63) is 35.9 Å². The SMILES string of the molecule is Cc1noc(C)c1-c1ccc2nc(N3CCN(CCN(C)C)CC3)ncc2c1. The van der Waals surface area contributed by atoms with Gasteiger partial charge < -0.3 is 14.3 Å². The van der Waals surface area contributed by atoms with Crippen LogP contribution in [0, 0.1) is 13.8 Å². The molecule has 148 valence electrons. The molecule has 7 heteroatoms. The third-order valence-electron chi connectivity index (χ3n) is 5.41. The fourth-order valence-electron chi connectivity index (χ4n) is 3.74. The molecule has 0 saturated carbocycles. The molecule has 0 spiro atoms. The second-order valence-corrected chi connectivity index (χ2v) is 7.77. The van der Waals surface area contributed by atoms with Gasteiger partial charge in [-0.05, 0) is 45.6 Å². The van der Waals surface area contributed by atoms with Crippen molar-refractivity contribution >= 4 is 16.9 Å². The van der Waals surface area contributed by atoms with Gasteiger partial charge in [0, 0.05) is 56.4 Å². The predicted octanol–water partition coefficient (Wildman–Crippen LogP) is 2.59. The van der Waals surface area contributed by atoms with Gasteiger partial charge in [-0.15, -0.1) is 0 Å². The molecule has 0 radical (unpaired) electrons. The number of anilines is 1. The van der Waals surface area contributed by atoms with Crippen LogP contribution in [0.4, 0.5) is 5.95 Å². The van der Waals surface area contributed by atoms with Gasteiger partial charge in [0.15, 0.2) is 0 Å². The Morgan fingerprint density at radius 1 is 1.11 bits per heavy atom. The van der Waals surface area contributed by atoms with Gasteiger partial charge >= 0.3 is 0 Å². The van der Waals surface area contributed by atoms with E-state index in [4.69, 9.17) is 9.51 Å². The summed E-state index contributed by atoms with van der Waals surface area (Å²) in [6, 6.07) is 6.27. The average molecular weight is 380 g/mol. The Labute approximate surface area is 165 Å². The van der Waals surface area contributed by atoms with Gasteiger partial charge in [0.1, 0.15) is 5.76 Å². The largest absolute Gasteiger partial charge is 0.361 e. The van der Waals surface area contributed by atoms with Crippen molar-refractivity contribution in [2.24, 2.45) is 0 Å². The molecule has 2 aromatic heterocycles. The molecule has 3 heterocycles. The van der Waals surface area contributed by atoms with E-state index in [2.05, 4.69) is 57.1 Å². The lowest BCUT2D eigenvalue weighted by Gasteiger charge is -2.35. The maximum Gasteiger partial charge on any atom is 0.225 e. The summed E-state index contributed by atoms with van der Waals surface area (Å²) in [6.07, 6.45) is 1.93. The molecule has 0 bridgehead atoms.